The molecule has 0 bridgehead atoms. The Morgan fingerprint density at radius 1 is 1.00 bits per heavy atom. The van der Waals surface area contributed by atoms with Gasteiger partial charge < -0.3 is 5.32 Å². The number of nitrogens with one attached hydrogen (secondary N) is 1. The number of nitrogens with zero attached hydrogens (tertiary/aromatic N) is 1. The average molecular weight is 269 g/mol. The van der Waals surface area contributed by atoms with Gasteiger partial charge in [0.15, 0.2) is 0 Å². The van der Waals surface area contributed by atoms with E-state index in [2.05, 4.69) is 29.4 Å². The Labute approximate surface area is 117 Å². The molecule has 0 amide bonds. The summed E-state index contributed by atoms with van der Waals surface area (Å²) < 4.78 is 0. The smallest absolute Gasteiger partial charge is 0.131 e. The lowest BCUT2D eigenvalue weighted by atomic mass is 10.1. The van der Waals surface area contributed by atoms with Gasteiger partial charge in [-0.05, 0) is 48.9 Å². The van der Waals surface area contributed by atoms with Crippen LogP contribution in [0.1, 0.15) is 5.56 Å². The zero-order chi connectivity index (χ0) is 13.2. The van der Waals surface area contributed by atoms with E-state index in [1.54, 1.807) is 0 Å². The first kappa shape index (κ1) is 12.0. The summed E-state index contributed by atoms with van der Waals surface area (Å²) in [6.45, 7) is 2.09. The quantitative estimate of drug-likeness (QED) is 0.712. The second-order valence-electron chi connectivity index (χ2n) is 4.47. The minimum Gasteiger partial charge on any atom is -0.340 e. The lowest BCUT2D eigenvalue weighted by Gasteiger charge is -2.09. The van der Waals surface area contributed by atoms with Crippen molar-refractivity contribution < 1.29 is 0 Å². The number of anilines is 2. The predicted octanol–water partition coefficient (Wildman–Crippen LogP) is 4.94. The van der Waals surface area contributed by atoms with Crippen LogP contribution < -0.4 is 5.32 Å². The number of rotatable bonds is 2. The number of hydrogen-bond donors (Lipinski definition) is 1. The molecular weight excluding hydrogens is 256 g/mol. The molecule has 3 heteroatoms. The minimum atomic E-state index is 0.730. The maximum Gasteiger partial charge on any atom is 0.131 e. The van der Waals surface area contributed by atoms with Gasteiger partial charge in [0, 0.05) is 16.1 Å². The Kier molecular flexibility index (Phi) is 3.10. The highest BCUT2D eigenvalue weighted by Gasteiger charge is 2.02. The summed E-state index contributed by atoms with van der Waals surface area (Å²) in [5.41, 5.74) is 3.19. The molecule has 2 nitrogen and oxygen atoms in total. The Hall–Kier alpha value is -2.06. The molecule has 1 N–H and O–H groups in total. The maximum absolute atomic E-state index is 5.87. The molecule has 0 saturated heterocycles. The van der Waals surface area contributed by atoms with E-state index in [1.165, 1.54) is 10.9 Å². The standard InChI is InChI=1S/C16H13ClN2/c1-11-10-16(18-13-8-6-12(17)7-9-13)19-15-5-3-2-4-14(11)15/h2-10H,1H3,(H,18,19). The predicted molar refractivity (Wildman–Crippen MR) is 81.2 cm³/mol. The highest BCUT2D eigenvalue weighted by molar-refractivity contribution is 6.30. The van der Waals surface area contributed by atoms with Crippen LogP contribution >= 0.6 is 11.6 Å². The van der Waals surface area contributed by atoms with Crippen molar-refractivity contribution in [1.29, 1.82) is 0 Å². The molecule has 0 saturated carbocycles. The number of fused-ring (bicyclic) bond motifs is 1. The summed E-state index contributed by atoms with van der Waals surface area (Å²) >= 11 is 5.87. The first-order valence-corrected chi connectivity index (χ1v) is 6.49. The highest BCUT2D eigenvalue weighted by atomic mass is 35.5. The molecule has 19 heavy (non-hydrogen) atoms. The van der Waals surface area contributed by atoms with Gasteiger partial charge in [-0.25, -0.2) is 4.98 Å². The van der Waals surface area contributed by atoms with Crippen LogP contribution in [0, 0.1) is 6.92 Å². The third-order valence-corrected chi connectivity index (χ3v) is 3.29. The van der Waals surface area contributed by atoms with E-state index >= 15 is 0 Å². The Balaban J connectivity index is 1.99. The first-order chi connectivity index (χ1) is 9.22. The average Bonchev–Trinajstić information content (AvgIpc) is 2.42. The lowest BCUT2D eigenvalue weighted by Crippen LogP contribution is -1.95. The van der Waals surface area contributed by atoms with E-state index in [4.69, 9.17) is 11.6 Å². The van der Waals surface area contributed by atoms with Crippen molar-refractivity contribution in [3.05, 3.63) is 65.2 Å². The molecule has 2 aromatic carbocycles. The van der Waals surface area contributed by atoms with Crippen LogP contribution in [0.3, 0.4) is 0 Å². The molecular formula is C16H13ClN2. The van der Waals surface area contributed by atoms with Gasteiger partial charge in [0.25, 0.3) is 0 Å². The van der Waals surface area contributed by atoms with E-state index in [0.717, 1.165) is 22.0 Å². The Morgan fingerprint density at radius 2 is 1.74 bits per heavy atom. The summed E-state index contributed by atoms with van der Waals surface area (Å²) in [5.74, 6) is 0.846. The molecule has 0 fully saturated rings. The summed E-state index contributed by atoms with van der Waals surface area (Å²) in [4.78, 5) is 4.61. The largest absolute Gasteiger partial charge is 0.340 e. The van der Waals surface area contributed by atoms with E-state index < -0.39 is 0 Å². The normalized spacial score (nSPS) is 10.6. The fourth-order valence-corrected chi connectivity index (χ4v) is 2.22. The second-order valence-corrected chi connectivity index (χ2v) is 4.91. The number of para-hydroxylation sites is 1. The zero-order valence-electron chi connectivity index (χ0n) is 10.5. The minimum absolute atomic E-state index is 0.730. The summed E-state index contributed by atoms with van der Waals surface area (Å²) in [6, 6.07) is 17.8. The summed E-state index contributed by atoms with van der Waals surface area (Å²) in [5, 5.41) is 5.21. The number of hydrogen-bond acceptors (Lipinski definition) is 2. The molecule has 3 rings (SSSR count). The maximum atomic E-state index is 5.87. The molecule has 1 heterocycles. The molecule has 0 unspecified atom stereocenters. The lowest BCUT2D eigenvalue weighted by molar-refractivity contribution is 1.34. The van der Waals surface area contributed by atoms with Crippen molar-refractivity contribution in [3.8, 4) is 0 Å². The SMILES string of the molecule is Cc1cc(Nc2ccc(Cl)cc2)nc2ccccc12. The number of halogens is 1. The van der Waals surface area contributed by atoms with E-state index in [0.29, 0.717) is 0 Å². The number of aryl methyl sites for hydroxylation is 1. The van der Waals surface area contributed by atoms with Gasteiger partial charge in [0.2, 0.25) is 0 Å². The van der Waals surface area contributed by atoms with Crippen LogP contribution in [0.5, 0.6) is 0 Å². The highest BCUT2D eigenvalue weighted by Crippen LogP contribution is 2.23. The fraction of sp³-hybridized carbons (Fsp3) is 0.0625. The van der Waals surface area contributed by atoms with Gasteiger partial charge in [0.1, 0.15) is 5.82 Å². The number of benzene rings is 2. The molecule has 0 aliphatic heterocycles. The molecule has 0 atom stereocenters. The van der Waals surface area contributed by atoms with Crippen LogP contribution in [0.4, 0.5) is 11.5 Å². The molecule has 1 aromatic heterocycles. The van der Waals surface area contributed by atoms with Crippen molar-refractivity contribution in [2.24, 2.45) is 0 Å². The molecule has 0 aliphatic rings. The van der Waals surface area contributed by atoms with E-state index in [9.17, 15) is 0 Å². The third kappa shape index (κ3) is 2.54. The Bertz CT molecular complexity index is 720. The van der Waals surface area contributed by atoms with Crippen molar-refractivity contribution in [2.45, 2.75) is 6.92 Å². The summed E-state index contributed by atoms with van der Waals surface area (Å²) in [6.07, 6.45) is 0. The molecule has 94 valence electrons. The van der Waals surface area contributed by atoms with Crippen molar-refractivity contribution in [3.63, 3.8) is 0 Å². The molecule has 3 aromatic rings. The van der Waals surface area contributed by atoms with Gasteiger partial charge in [-0.3, -0.25) is 0 Å². The summed E-state index contributed by atoms with van der Waals surface area (Å²) in [7, 11) is 0. The number of aromatic nitrogens is 1. The van der Waals surface area contributed by atoms with E-state index in [-0.39, 0.29) is 0 Å². The van der Waals surface area contributed by atoms with Gasteiger partial charge >= 0.3 is 0 Å². The van der Waals surface area contributed by atoms with Crippen LogP contribution in [-0.4, -0.2) is 4.98 Å². The third-order valence-electron chi connectivity index (χ3n) is 3.04. The first-order valence-electron chi connectivity index (χ1n) is 6.11. The van der Waals surface area contributed by atoms with Crippen molar-refractivity contribution in [2.75, 3.05) is 5.32 Å². The topological polar surface area (TPSA) is 24.9 Å². The monoisotopic (exact) mass is 268 g/mol. The van der Waals surface area contributed by atoms with Gasteiger partial charge in [-0.15, -0.1) is 0 Å². The van der Waals surface area contributed by atoms with Gasteiger partial charge in [0.05, 0.1) is 5.52 Å². The van der Waals surface area contributed by atoms with Crippen molar-refractivity contribution in [1.82, 2.24) is 4.98 Å². The van der Waals surface area contributed by atoms with Crippen molar-refractivity contribution >= 4 is 34.0 Å². The fourth-order valence-electron chi connectivity index (χ4n) is 2.09. The zero-order valence-corrected chi connectivity index (χ0v) is 11.3. The van der Waals surface area contributed by atoms with Gasteiger partial charge in [-0.1, -0.05) is 29.8 Å². The number of pyridine rings is 1. The van der Waals surface area contributed by atoms with Crippen LogP contribution in [0.25, 0.3) is 10.9 Å². The molecule has 0 aliphatic carbocycles. The molecule has 0 radical (unpaired) electrons. The van der Waals surface area contributed by atoms with Crippen LogP contribution in [0.2, 0.25) is 5.02 Å². The van der Waals surface area contributed by atoms with E-state index in [1.807, 2.05) is 42.5 Å². The van der Waals surface area contributed by atoms with Crippen LogP contribution in [-0.2, 0) is 0 Å². The second kappa shape index (κ2) is 4.90. The van der Waals surface area contributed by atoms with Gasteiger partial charge in [-0.2, -0.15) is 0 Å². The van der Waals surface area contributed by atoms with Crippen LogP contribution in [0.15, 0.2) is 54.6 Å². The molecule has 0 spiro atoms. The Morgan fingerprint density at radius 3 is 2.53 bits per heavy atom.